The second kappa shape index (κ2) is 5.97. The normalized spacial score (nSPS) is 18.4. The average Bonchev–Trinajstić information content (AvgIpc) is 3.06. The molecule has 1 aliphatic heterocycles. The second-order valence-electron chi connectivity index (χ2n) is 6.70. The molecule has 1 fully saturated rings. The summed E-state index contributed by atoms with van der Waals surface area (Å²) in [5.74, 6) is 0. The van der Waals surface area contributed by atoms with E-state index in [9.17, 15) is 8.42 Å². The van der Waals surface area contributed by atoms with Crippen molar-refractivity contribution in [1.82, 2.24) is 13.7 Å². The van der Waals surface area contributed by atoms with E-state index in [-0.39, 0.29) is 5.41 Å². The maximum atomic E-state index is 11.9. The highest BCUT2D eigenvalue weighted by molar-refractivity contribution is 7.88. The first-order chi connectivity index (χ1) is 12.0. The topological polar surface area (TPSA) is 54.7 Å². The standard InChI is InChI=1S/C19H21N3O2S/c1-25(23,24)22-13-10-19(11-14-22,16-7-3-2-4-8-16)17-15-21-12-6-5-9-18(21)20-17/h2-9,12,15H,10-11,13-14H2,1H3. The zero-order valence-electron chi connectivity index (χ0n) is 14.2. The van der Waals surface area contributed by atoms with E-state index in [4.69, 9.17) is 4.98 Å². The predicted octanol–water partition coefficient (Wildman–Crippen LogP) is 2.68. The van der Waals surface area contributed by atoms with Crippen LogP contribution in [0.25, 0.3) is 5.65 Å². The maximum absolute atomic E-state index is 11.9. The van der Waals surface area contributed by atoms with Gasteiger partial charge in [0.15, 0.2) is 0 Å². The lowest BCUT2D eigenvalue weighted by molar-refractivity contribution is 0.263. The fourth-order valence-corrected chi connectivity index (χ4v) is 4.66. The summed E-state index contributed by atoms with van der Waals surface area (Å²) in [5.41, 5.74) is 2.87. The van der Waals surface area contributed by atoms with Gasteiger partial charge < -0.3 is 4.40 Å². The number of nitrogens with zero attached hydrogens (tertiary/aromatic N) is 3. The van der Waals surface area contributed by atoms with Crippen LogP contribution in [0.5, 0.6) is 0 Å². The molecule has 130 valence electrons. The van der Waals surface area contributed by atoms with Gasteiger partial charge in [-0.2, -0.15) is 0 Å². The van der Waals surface area contributed by atoms with Gasteiger partial charge in [-0.05, 0) is 30.5 Å². The number of aromatic nitrogens is 2. The molecule has 3 heterocycles. The van der Waals surface area contributed by atoms with Crippen LogP contribution in [0.15, 0.2) is 60.9 Å². The van der Waals surface area contributed by atoms with Crippen LogP contribution in [0.2, 0.25) is 0 Å². The first-order valence-electron chi connectivity index (χ1n) is 8.44. The van der Waals surface area contributed by atoms with Crippen molar-refractivity contribution in [2.75, 3.05) is 19.3 Å². The summed E-state index contributed by atoms with van der Waals surface area (Å²) in [6.07, 6.45) is 6.82. The number of sulfonamides is 1. The summed E-state index contributed by atoms with van der Waals surface area (Å²) in [6.45, 7) is 1.03. The lowest BCUT2D eigenvalue weighted by atomic mass is 9.71. The van der Waals surface area contributed by atoms with Crippen LogP contribution in [0, 0.1) is 0 Å². The summed E-state index contributed by atoms with van der Waals surface area (Å²) in [5, 5.41) is 0. The van der Waals surface area contributed by atoms with Gasteiger partial charge >= 0.3 is 0 Å². The van der Waals surface area contributed by atoms with Gasteiger partial charge in [0.05, 0.1) is 11.9 Å². The summed E-state index contributed by atoms with van der Waals surface area (Å²) in [6, 6.07) is 16.3. The monoisotopic (exact) mass is 355 g/mol. The molecule has 0 saturated carbocycles. The molecule has 6 heteroatoms. The van der Waals surface area contributed by atoms with Gasteiger partial charge in [-0.1, -0.05) is 36.4 Å². The van der Waals surface area contributed by atoms with Crippen molar-refractivity contribution in [3.8, 4) is 0 Å². The van der Waals surface area contributed by atoms with Crippen LogP contribution in [0.3, 0.4) is 0 Å². The fourth-order valence-electron chi connectivity index (χ4n) is 3.81. The number of imidazole rings is 1. The van der Waals surface area contributed by atoms with Gasteiger partial charge in [-0.25, -0.2) is 17.7 Å². The molecule has 4 rings (SSSR count). The van der Waals surface area contributed by atoms with Crippen LogP contribution < -0.4 is 0 Å². The molecule has 1 aliphatic rings. The van der Waals surface area contributed by atoms with Gasteiger partial charge in [0.1, 0.15) is 5.65 Å². The van der Waals surface area contributed by atoms with Crippen molar-refractivity contribution >= 4 is 15.7 Å². The highest BCUT2D eigenvalue weighted by atomic mass is 32.2. The van der Waals surface area contributed by atoms with E-state index >= 15 is 0 Å². The molecule has 25 heavy (non-hydrogen) atoms. The molecular formula is C19H21N3O2S. The second-order valence-corrected chi connectivity index (χ2v) is 8.68. The van der Waals surface area contributed by atoms with Crippen LogP contribution in [-0.4, -0.2) is 41.5 Å². The molecule has 0 amide bonds. The molecule has 1 saturated heterocycles. The molecule has 0 bridgehead atoms. The van der Waals surface area contributed by atoms with Gasteiger partial charge in [-0.15, -0.1) is 0 Å². The molecule has 0 atom stereocenters. The Labute approximate surface area is 148 Å². The summed E-state index contributed by atoms with van der Waals surface area (Å²) in [4.78, 5) is 4.87. The third kappa shape index (κ3) is 2.85. The van der Waals surface area contributed by atoms with Gasteiger partial charge in [0, 0.05) is 30.9 Å². The van der Waals surface area contributed by atoms with Crippen LogP contribution in [-0.2, 0) is 15.4 Å². The van der Waals surface area contributed by atoms with E-state index in [0.717, 1.165) is 24.2 Å². The number of benzene rings is 1. The smallest absolute Gasteiger partial charge is 0.211 e. The predicted molar refractivity (Wildman–Crippen MR) is 98.1 cm³/mol. The summed E-state index contributed by atoms with van der Waals surface area (Å²) >= 11 is 0. The number of hydrogen-bond donors (Lipinski definition) is 0. The molecule has 5 nitrogen and oxygen atoms in total. The zero-order chi connectivity index (χ0) is 17.5. The van der Waals surface area contributed by atoms with Crippen molar-refractivity contribution < 1.29 is 8.42 Å². The highest BCUT2D eigenvalue weighted by Crippen LogP contribution is 2.41. The first kappa shape index (κ1) is 16.3. The van der Waals surface area contributed by atoms with E-state index in [2.05, 4.69) is 18.3 Å². The SMILES string of the molecule is CS(=O)(=O)N1CCC(c2ccccc2)(c2cn3ccccc3n2)CC1. The Morgan fingerprint density at radius 2 is 1.68 bits per heavy atom. The Morgan fingerprint density at radius 1 is 1.00 bits per heavy atom. The lowest BCUT2D eigenvalue weighted by Gasteiger charge is -2.40. The Hall–Kier alpha value is -2.18. The molecular weight excluding hydrogens is 334 g/mol. The third-order valence-electron chi connectivity index (χ3n) is 5.23. The Kier molecular flexibility index (Phi) is 3.89. The molecule has 1 aromatic carbocycles. The summed E-state index contributed by atoms with van der Waals surface area (Å²) < 4.78 is 27.4. The van der Waals surface area contributed by atoms with E-state index in [0.29, 0.717) is 13.1 Å². The third-order valence-corrected chi connectivity index (χ3v) is 6.53. The molecule has 0 radical (unpaired) electrons. The number of fused-ring (bicyclic) bond motifs is 1. The lowest BCUT2D eigenvalue weighted by Crippen LogP contribution is -2.45. The van der Waals surface area contributed by atoms with Crippen molar-refractivity contribution in [3.63, 3.8) is 0 Å². The minimum absolute atomic E-state index is 0.255. The van der Waals surface area contributed by atoms with E-state index < -0.39 is 10.0 Å². The van der Waals surface area contributed by atoms with Crippen molar-refractivity contribution in [2.45, 2.75) is 18.3 Å². The molecule has 2 aromatic heterocycles. The fraction of sp³-hybridized carbons (Fsp3) is 0.316. The molecule has 0 N–H and O–H groups in total. The number of piperidine rings is 1. The molecule has 3 aromatic rings. The molecule has 0 spiro atoms. The Balaban J connectivity index is 1.81. The summed E-state index contributed by atoms with van der Waals surface area (Å²) in [7, 11) is -3.16. The first-order valence-corrected chi connectivity index (χ1v) is 10.3. The highest BCUT2D eigenvalue weighted by Gasteiger charge is 2.41. The molecule has 0 unspecified atom stereocenters. The zero-order valence-corrected chi connectivity index (χ0v) is 15.0. The van der Waals surface area contributed by atoms with Crippen molar-refractivity contribution in [2.24, 2.45) is 0 Å². The van der Waals surface area contributed by atoms with Crippen molar-refractivity contribution in [1.29, 1.82) is 0 Å². The minimum atomic E-state index is -3.16. The van der Waals surface area contributed by atoms with E-state index in [1.807, 2.05) is 47.0 Å². The van der Waals surface area contributed by atoms with Gasteiger partial charge in [-0.3, -0.25) is 0 Å². The Morgan fingerprint density at radius 3 is 2.32 bits per heavy atom. The van der Waals surface area contributed by atoms with Crippen molar-refractivity contribution in [3.05, 3.63) is 72.2 Å². The largest absolute Gasteiger partial charge is 0.307 e. The minimum Gasteiger partial charge on any atom is -0.307 e. The average molecular weight is 355 g/mol. The van der Waals surface area contributed by atoms with Gasteiger partial charge in [0.25, 0.3) is 0 Å². The molecule has 0 aliphatic carbocycles. The number of pyridine rings is 1. The number of hydrogen-bond acceptors (Lipinski definition) is 3. The Bertz CT molecular complexity index is 955. The van der Waals surface area contributed by atoms with Crippen LogP contribution in [0.4, 0.5) is 0 Å². The maximum Gasteiger partial charge on any atom is 0.211 e. The van der Waals surface area contributed by atoms with Gasteiger partial charge in [0.2, 0.25) is 10.0 Å². The van der Waals surface area contributed by atoms with Crippen LogP contribution in [0.1, 0.15) is 24.1 Å². The van der Waals surface area contributed by atoms with Crippen LogP contribution >= 0.6 is 0 Å². The number of rotatable bonds is 3. The van der Waals surface area contributed by atoms with E-state index in [1.54, 1.807) is 4.31 Å². The van der Waals surface area contributed by atoms with E-state index in [1.165, 1.54) is 11.8 Å². The quantitative estimate of drug-likeness (QED) is 0.726.